The Morgan fingerprint density at radius 2 is 2.00 bits per heavy atom. The van der Waals surface area contributed by atoms with Crippen molar-refractivity contribution in [3.05, 3.63) is 53.6 Å². The molecule has 2 aromatic carbocycles. The minimum absolute atomic E-state index is 0.142. The second-order valence-electron chi connectivity index (χ2n) is 4.41. The largest absolute Gasteiger partial charge is 0.396 e. The number of halogens is 2. The number of carbonyl (C=O) groups excluding carboxylic acids is 1. The molecule has 0 saturated heterocycles. The lowest BCUT2D eigenvalue weighted by molar-refractivity contribution is 0.102. The van der Waals surface area contributed by atoms with E-state index >= 15 is 0 Å². The molecule has 7 heteroatoms. The molecule has 0 radical (unpaired) electrons. The highest BCUT2D eigenvalue weighted by Gasteiger charge is 2.17. The van der Waals surface area contributed by atoms with Gasteiger partial charge < -0.3 is 10.7 Å². The van der Waals surface area contributed by atoms with Crippen molar-refractivity contribution in [2.24, 2.45) is 0 Å². The number of aromatic nitrogens is 2. The van der Waals surface area contributed by atoms with Gasteiger partial charge in [-0.2, -0.15) is 0 Å². The molecule has 0 atom stereocenters. The summed E-state index contributed by atoms with van der Waals surface area (Å²) in [7, 11) is 0. The van der Waals surface area contributed by atoms with Gasteiger partial charge >= 0.3 is 0 Å². The van der Waals surface area contributed by atoms with E-state index in [1.165, 1.54) is 0 Å². The van der Waals surface area contributed by atoms with Crippen LogP contribution in [0.5, 0.6) is 0 Å². The van der Waals surface area contributed by atoms with Crippen molar-refractivity contribution in [3.8, 4) is 0 Å². The third-order valence-electron chi connectivity index (χ3n) is 2.93. The van der Waals surface area contributed by atoms with E-state index in [0.29, 0.717) is 11.0 Å². The van der Waals surface area contributed by atoms with E-state index in [9.17, 15) is 13.6 Å². The van der Waals surface area contributed by atoms with Crippen LogP contribution in [0.4, 0.5) is 20.4 Å². The fraction of sp³-hybridized carbons (Fsp3) is 0. The van der Waals surface area contributed by atoms with Crippen LogP contribution in [-0.2, 0) is 0 Å². The van der Waals surface area contributed by atoms with Crippen molar-refractivity contribution in [2.75, 3.05) is 11.1 Å². The summed E-state index contributed by atoms with van der Waals surface area (Å²) < 4.78 is 27.0. The van der Waals surface area contributed by atoms with Gasteiger partial charge in [0.05, 0.1) is 22.3 Å². The smallest absolute Gasteiger partial charge is 0.261 e. The molecule has 21 heavy (non-hydrogen) atoms. The second kappa shape index (κ2) is 4.86. The van der Waals surface area contributed by atoms with Crippen molar-refractivity contribution in [1.29, 1.82) is 0 Å². The highest BCUT2D eigenvalue weighted by Crippen LogP contribution is 2.19. The van der Waals surface area contributed by atoms with E-state index in [4.69, 9.17) is 5.73 Å². The third-order valence-corrected chi connectivity index (χ3v) is 2.93. The Bertz CT molecular complexity index is 811. The highest BCUT2D eigenvalue weighted by molar-refractivity contribution is 6.04. The van der Waals surface area contributed by atoms with Crippen LogP contribution in [0.15, 0.2) is 36.4 Å². The average molecular weight is 288 g/mol. The quantitative estimate of drug-likeness (QED) is 0.634. The molecule has 3 rings (SSSR count). The molecule has 0 aliphatic heterocycles. The Labute approximate surface area is 117 Å². The number of para-hydroxylation sites is 2. The molecule has 0 spiro atoms. The van der Waals surface area contributed by atoms with Crippen molar-refractivity contribution in [1.82, 2.24) is 9.97 Å². The fourth-order valence-corrected chi connectivity index (χ4v) is 1.96. The summed E-state index contributed by atoms with van der Waals surface area (Å²) in [5.41, 5.74) is 5.75. The van der Waals surface area contributed by atoms with Crippen molar-refractivity contribution in [2.45, 2.75) is 0 Å². The van der Waals surface area contributed by atoms with Gasteiger partial charge in [0.1, 0.15) is 5.82 Å². The van der Waals surface area contributed by atoms with E-state index in [2.05, 4.69) is 15.3 Å². The van der Waals surface area contributed by atoms with E-state index in [0.717, 1.165) is 12.1 Å². The van der Waals surface area contributed by atoms with Crippen LogP contribution in [0, 0.1) is 11.6 Å². The maximum atomic E-state index is 13.8. The van der Waals surface area contributed by atoms with Crippen LogP contribution in [0.25, 0.3) is 11.0 Å². The number of rotatable bonds is 2. The minimum atomic E-state index is -0.968. The highest BCUT2D eigenvalue weighted by atomic mass is 19.1. The molecule has 0 aliphatic carbocycles. The number of carbonyl (C=O) groups is 1. The summed E-state index contributed by atoms with van der Waals surface area (Å²) in [4.78, 5) is 19.0. The zero-order valence-corrected chi connectivity index (χ0v) is 10.7. The molecule has 1 amide bonds. The predicted molar refractivity (Wildman–Crippen MR) is 74.8 cm³/mol. The van der Waals surface area contributed by atoms with Crippen molar-refractivity contribution >= 4 is 28.6 Å². The first-order chi connectivity index (χ1) is 10.0. The van der Waals surface area contributed by atoms with Gasteiger partial charge in [0, 0.05) is 0 Å². The molecule has 4 N–H and O–H groups in total. The number of hydrogen-bond donors (Lipinski definition) is 3. The summed E-state index contributed by atoms with van der Waals surface area (Å²) in [6.45, 7) is 0. The van der Waals surface area contributed by atoms with Gasteiger partial charge in [-0.25, -0.2) is 13.8 Å². The van der Waals surface area contributed by atoms with Crippen LogP contribution in [0.1, 0.15) is 10.4 Å². The van der Waals surface area contributed by atoms with Gasteiger partial charge in [-0.3, -0.25) is 10.1 Å². The van der Waals surface area contributed by atoms with Crippen molar-refractivity contribution < 1.29 is 13.6 Å². The zero-order valence-electron chi connectivity index (χ0n) is 10.7. The first kappa shape index (κ1) is 13.0. The Kier molecular flexibility index (Phi) is 3.02. The zero-order chi connectivity index (χ0) is 15.0. The predicted octanol–water partition coefficient (Wildman–Crippen LogP) is 2.68. The second-order valence-corrected chi connectivity index (χ2v) is 4.41. The topological polar surface area (TPSA) is 83.8 Å². The molecule has 106 valence electrons. The van der Waals surface area contributed by atoms with Crippen LogP contribution in [-0.4, -0.2) is 15.9 Å². The summed E-state index contributed by atoms with van der Waals surface area (Å²) in [5.74, 6) is -2.45. The summed E-state index contributed by atoms with van der Waals surface area (Å²) in [5, 5.41) is 2.38. The lowest BCUT2D eigenvalue weighted by atomic mass is 10.1. The molecular formula is C14H10F2N4O. The number of nitrogen functional groups attached to an aromatic ring is 1. The van der Waals surface area contributed by atoms with Crippen LogP contribution in [0.3, 0.4) is 0 Å². The Morgan fingerprint density at radius 3 is 2.76 bits per heavy atom. The number of benzene rings is 2. The minimum Gasteiger partial charge on any atom is -0.396 e. The SMILES string of the molecule is Nc1cc(F)cc(C(=O)Nc2nc3ccccc3[nH]2)c1F. The molecule has 1 aromatic heterocycles. The Morgan fingerprint density at radius 1 is 1.24 bits per heavy atom. The number of hydrogen-bond acceptors (Lipinski definition) is 3. The molecule has 5 nitrogen and oxygen atoms in total. The number of imidazole rings is 1. The van der Waals surface area contributed by atoms with Gasteiger partial charge in [0.2, 0.25) is 5.95 Å². The summed E-state index contributed by atoms with van der Waals surface area (Å²) >= 11 is 0. The molecule has 0 unspecified atom stereocenters. The van der Waals surface area contributed by atoms with Crippen LogP contribution in [0.2, 0.25) is 0 Å². The van der Waals surface area contributed by atoms with E-state index in [1.807, 2.05) is 0 Å². The van der Waals surface area contributed by atoms with Gasteiger partial charge in [-0.15, -0.1) is 0 Å². The first-order valence-electron chi connectivity index (χ1n) is 6.05. The summed E-state index contributed by atoms with van der Waals surface area (Å²) in [6.07, 6.45) is 0. The lowest BCUT2D eigenvalue weighted by Crippen LogP contribution is -2.16. The number of H-pyrrole nitrogens is 1. The fourth-order valence-electron chi connectivity index (χ4n) is 1.96. The maximum absolute atomic E-state index is 13.8. The monoisotopic (exact) mass is 288 g/mol. The molecule has 0 fully saturated rings. The number of fused-ring (bicyclic) bond motifs is 1. The van der Waals surface area contributed by atoms with Crippen molar-refractivity contribution in [3.63, 3.8) is 0 Å². The van der Waals surface area contributed by atoms with Gasteiger partial charge in [0.15, 0.2) is 5.82 Å². The normalized spacial score (nSPS) is 10.8. The molecule has 0 saturated carbocycles. The number of nitrogens with one attached hydrogen (secondary N) is 2. The van der Waals surface area contributed by atoms with Gasteiger partial charge in [-0.05, 0) is 24.3 Å². The lowest BCUT2D eigenvalue weighted by Gasteiger charge is -2.05. The maximum Gasteiger partial charge on any atom is 0.261 e. The molecule has 3 aromatic rings. The number of amides is 1. The van der Waals surface area contributed by atoms with E-state index in [-0.39, 0.29) is 5.95 Å². The Balaban J connectivity index is 1.93. The van der Waals surface area contributed by atoms with E-state index < -0.39 is 28.8 Å². The number of nitrogens with two attached hydrogens (primary N) is 1. The number of nitrogens with zero attached hydrogens (tertiary/aromatic N) is 1. The van der Waals surface area contributed by atoms with E-state index in [1.54, 1.807) is 24.3 Å². The molecule has 1 heterocycles. The number of aromatic amines is 1. The van der Waals surface area contributed by atoms with Crippen LogP contribution >= 0.6 is 0 Å². The Hall–Kier alpha value is -2.96. The van der Waals surface area contributed by atoms with Crippen LogP contribution < -0.4 is 11.1 Å². The molecular weight excluding hydrogens is 278 g/mol. The van der Waals surface area contributed by atoms with Gasteiger partial charge in [0.25, 0.3) is 5.91 Å². The third kappa shape index (κ3) is 2.40. The summed E-state index contributed by atoms with van der Waals surface area (Å²) in [6, 6.07) is 8.72. The average Bonchev–Trinajstić information content (AvgIpc) is 2.84. The van der Waals surface area contributed by atoms with Gasteiger partial charge in [-0.1, -0.05) is 12.1 Å². The standard InChI is InChI=1S/C14H10F2N4O/c15-7-5-8(12(16)9(17)6-7)13(21)20-14-18-10-3-1-2-4-11(10)19-14/h1-6H,17H2,(H2,18,19,20,21). The first-order valence-corrected chi connectivity index (χ1v) is 6.05. The molecule has 0 bridgehead atoms. The number of anilines is 2. The molecule has 0 aliphatic rings.